The van der Waals surface area contributed by atoms with Gasteiger partial charge in [-0.25, -0.2) is 4.39 Å². The Bertz CT molecular complexity index is 1010. The largest absolute Gasteiger partial charge is 0.399 e. The number of carbonyl (C=O) groups is 1. The van der Waals surface area contributed by atoms with Crippen molar-refractivity contribution in [2.75, 3.05) is 12.3 Å². The lowest BCUT2D eigenvalue weighted by molar-refractivity contribution is -0.119. The molecule has 168 valence electrons. The average Bonchev–Trinajstić information content (AvgIpc) is 2.80. The number of hydrogen-bond acceptors (Lipinski definition) is 4. The Kier molecular flexibility index (Phi) is 7.30. The first-order valence-electron chi connectivity index (χ1n) is 11.6. The van der Waals surface area contributed by atoms with Gasteiger partial charge in [-0.3, -0.25) is 14.8 Å². The first-order chi connectivity index (χ1) is 15.6. The maximum absolute atomic E-state index is 13.2. The predicted molar refractivity (Wildman–Crippen MR) is 127 cm³/mol. The molecule has 2 aliphatic rings. The van der Waals surface area contributed by atoms with E-state index in [1.54, 1.807) is 12.1 Å². The number of nitrogens with two attached hydrogens (primary N) is 1. The van der Waals surface area contributed by atoms with Gasteiger partial charge in [0.05, 0.1) is 18.7 Å². The lowest BCUT2D eigenvalue weighted by Crippen LogP contribution is -2.41. The molecule has 4 rings (SSSR count). The van der Waals surface area contributed by atoms with E-state index in [0.717, 1.165) is 42.6 Å². The molecule has 1 heterocycles. The second-order valence-corrected chi connectivity index (χ2v) is 8.75. The molecule has 0 radical (unpaired) electrons. The summed E-state index contributed by atoms with van der Waals surface area (Å²) in [7, 11) is 0. The van der Waals surface area contributed by atoms with Crippen molar-refractivity contribution in [3.8, 4) is 0 Å². The summed E-state index contributed by atoms with van der Waals surface area (Å²) in [6.07, 6.45) is 7.68. The van der Waals surface area contributed by atoms with Gasteiger partial charge in [0.1, 0.15) is 11.7 Å². The summed E-state index contributed by atoms with van der Waals surface area (Å²) in [5.74, 6) is 0.469. The first-order valence-corrected chi connectivity index (χ1v) is 11.6. The van der Waals surface area contributed by atoms with Crippen LogP contribution in [0.15, 0.2) is 52.4 Å². The van der Waals surface area contributed by atoms with Crippen LogP contribution in [0.2, 0.25) is 0 Å². The van der Waals surface area contributed by atoms with Crippen molar-refractivity contribution in [1.29, 1.82) is 0 Å². The molecule has 0 bridgehead atoms. The molecule has 1 aliphatic carbocycles. The molecule has 1 aliphatic heterocycles. The highest BCUT2D eigenvalue weighted by atomic mass is 19.1. The lowest BCUT2D eigenvalue weighted by atomic mass is 9.85. The quantitative estimate of drug-likeness (QED) is 0.691. The van der Waals surface area contributed by atoms with E-state index in [2.05, 4.69) is 11.4 Å². The van der Waals surface area contributed by atoms with Crippen molar-refractivity contribution in [2.24, 2.45) is 15.9 Å². The zero-order valence-electron chi connectivity index (χ0n) is 18.4. The fraction of sp³-hybridized carbons (Fsp3) is 0.423. The summed E-state index contributed by atoms with van der Waals surface area (Å²) in [5.41, 5.74) is 10.9. The van der Waals surface area contributed by atoms with Crippen LogP contribution < -0.4 is 11.1 Å². The van der Waals surface area contributed by atoms with E-state index in [-0.39, 0.29) is 18.1 Å². The fourth-order valence-electron chi connectivity index (χ4n) is 4.59. The predicted octanol–water partition coefficient (Wildman–Crippen LogP) is 4.63. The van der Waals surface area contributed by atoms with Crippen LogP contribution in [0.25, 0.3) is 0 Å². The van der Waals surface area contributed by atoms with Gasteiger partial charge in [0.25, 0.3) is 0 Å². The number of aryl methyl sites for hydroxylation is 1. The molecular formula is C26H31FN4O. The van der Waals surface area contributed by atoms with Crippen LogP contribution in [-0.4, -0.2) is 24.0 Å². The fourth-order valence-corrected chi connectivity index (χ4v) is 4.59. The van der Waals surface area contributed by atoms with E-state index >= 15 is 0 Å². The zero-order valence-corrected chi connectivity index (χ0v) is 18.4. The third-order valence-electron chi connectivity index (χ3n) is 6.29. The van der Waals surface area contributed by atoms with Crippen LogP contribution >= 0.6 is 0 Å². The topological polar surface area (TPSA) is 79.8 Å². The molecule has 0 unspecified atom stereocenters. The number of amidine groups is 1. The number of carbonyl (C=O) groups excluding carboxylic acids is 1. The highest BCUT2D eigenvalue weighted by molar-refractivity contribution is 6.44. The van der Waals surface area contributed by atoms with Crippen molar-refractivity contribution in [3.05, 3.63) is 65.0 Å². The number of nitrogens with zero attached hydrogens (tertiary/aromatic N) is 2. The Labute approximate surface area is 189 Å². The van der Waals surface area contributed by atoms with Gasteiger partial charge in [-0.2, -0.15) is 0 Å². The molecule has 3 N–H and O–H groups in total. The molecule has 0 atom stereocenters. The maximum Gasteiger partial charge on any atom is 0.229 e. The van der Waals surface area contributed by atoms with Gasteiger partial charge in [-0.15, -0.1) is 0 Å². The molecule has 1 amide bonds. The molecule has 1 saturated carbocycles. The van der Waals surface area contributed by atoms with Crippen molar-refractivity contribution in [1.82, 2.24) is 5.32 Å². The van der Waals surface area contributed by atoms with Crippen LogP contribution in [0.5, 0.6) is 0 Å². The molecule has 1 fully saturated rings. The summed E-state index contributed by atoms with van der Waals surface area (Å²) in [6, 6.07) is 12.1. The van der Waals surface area contributed by atoms with E-state index in [4.69, 9.17) is 15.7 Å². The number of amides is 1. The molecule has 6 heteroatoms. The van der Waals surface area contributed by atoms with E-state index in [9.17, 15) is 9.18 Å². The first kappa shape index (κ1) is 22.2. The Morgan fingerprint density at radius 2 is 1.78 bits per heavy atom. The number of anilines is 1. The Balaban J connectivity index is 1.58. The Hall–Kier alpha value is -3.02. The van der Waals surface area contributed by atoms with Crippen LogP contribution in [0, 0.1) is 11.7 Å². The van der Waals surface area contributed by atoms with Gasteiger partial charge in [-0.05, 0) is 66.6 Å². The van der Waals surface area contributed by atoms with Gasteiger partial charge in [0.2, 0.25) is 5.91 Å². The Morgan fingerprint density at radius 1 is 1.00 bits per heavy atom. The minimum Gasteiger partial charge on any atom is -0.399 e. The van der Waals surface area contributed by atoms with Crippen LogP contribution in [0.3, 0.4) is 0 Å². The van der Waals surface area contributed by atoms with Gasteiger partial charge in [-0.1, -0.05) is 37.5 Å². The van der Waals surface area contributed by atoms with E-state index in [0.29, 0.717) is 24.8 Å². The van der Waals surface area contributed by atoms with Crippen molar-refractivity contribution >= 4 is 23.1 Å². The van der Waals surface area contributed by atoms with Crippen LogP contribution in [-0.2, 0) is 24.2 Å². The molecule has 0 saturated heterocycles. The third kappa shape index (κ3) is 5.81. The summed E-state index contributed by atoms with van der Waals surface area (Å²) in [6.45, 7) is 1.18. The number of halogens is 1. The number of nitrogens with one attached hydrogen (secondary N) is 1. The smallest absolute Gasteiger partial charge is 0.229 e. The van der Waals surface area contributed by atoms with E-state index < -0.39 is 0 Å². The SMILES string of the molecule is Nc1ccc2c(c1)CCCN=C(NC(=O)Cc1ccc(F)cc1)C(C1CCCCC1)=NC2. The number of hydrogen-bond donors (Lipinski definition) is 2. The number of rotatable bonds is 3. The minimum atomic E-state index is -0.306. The second kappa shape index (κ2) is 10.5. The normalized spacial score (nSPS) is 17.7. The minimum absolute atomic E-state index is 0.149. The standard InChI is InChI=1S/C26H31FN4O/c27-22-11-8-18(9-12-22)15-24(32)31-26-25(19-5-2-1-3-6-19)30-17-21-10-13-23(28)16-20(21)7-4-14-29-26/h8-13,16,19H,1-7,14-15,17,28H2,(H,29,31,32). The lowest BCUT2D eigenvalue weighted by Gasteiger charge is -2.25. The Morgan fingerprint density at radius 3 is 2.56 bits per heavy atom. The molecular weight excluding hydrogens is 403 g/mol. The molecule has 2 aromatic carbocycles. The number of fused-ring (bicyclic) bond motifs is 1. The van der Waals surface area contributed by atoms with Crippen LogP contribution in [0.1, 0.15) is 55.2 Å². The monoisotopic (exact) mass is 434 g/mol. The van der Waals surface area contributed by atoms with Gasteiger partial charge >= 0.3 is 0 Å². The molecule has 2 aromatic rings. The molecule has 0 spiro atoms. The van der Waals surface area contributed by atoms with Crippen molar-refractivity contribution < 1.29 is 9.18 Å². The highest BCUT2D eigenvalue weighted by Gasteiger charge is 2.25. The summed E-state index contributed by atoms with van der Waals surface area (Å²) in [5, 5.41) is 3.04. The molecule has 5 nitrogen and oxygen atoms in total. The highest BCUT2D eigenvalue weighted by Crippen LogP contribution is 2.27. The molecule has 0 aromatic heterocycles. The van der Waals surface area contributed by atoms with Gasteiger partial charge in [0.15, 0.2) is 0 Å². The summed E-state index contributed by atoms with van der Waals surface area (Å²) in [4.78, 5) is 22.6. The van der Waals surface area contributed by atoms with Gasteiger partial charge in [0, 0.05) is 18.2 Å². The zero-order chi connectivity index (χ0) is 22.3. The number of nitrogen functional groups attached to an aromatic ring is 1. The van der Waals surface area contributed by atoms with Gasteiger partial charge < -0.3 is 11.1 Å². The molecule has 32 heavy (non-hydrogen) atoms. The second-order valence-electron chi connectivity index (χ2n) is 8.75. The van der Waals surface area contributed by atoms with Crippen molar-refractivity contribution in [2.45, 2.75) is 57.9 Å². The number of benzene rings is 2. The third-order valence-corrected chi connectivity index (χ3v) is 6.29. The summed E-state index contributed by atoms with van der Waals surface area (Å²) >= 11 is 0. The van der Waals surface area contributed by atoms with E-state index in [1.807, 2.05) is 12.1 Å². The van der Waals surface area contributed by atoms with Crippen LogP contribution in [0.4, 0.5) is 10.1 Å². The van der Waals surface area contributed by atoms with E-state index in [1.165, 1.54) is 42.5 Å². The average molecular weight is 435 g/mol. The number of aliphatic imine (C=N–C) groups is 2. The summed E-state index contributed by atoms with van der Waals surface area (Å²) < 4.78 is 13.2. The van der Waals surface area contributed by atoms with Crippen molar-refractivity contribution in [3.63, 3.8) is 0 Å². The maximum atomic E-state index is 13.2.